The highest BCUT2D eigenvalue weighted by Crippen LogP contribution is 2.22. The number of hydrogen-bond acceptors (Lipinski definition) is 4. The molecule has 1 aliphatic rings. The maximum absolute atomic E-state index is 12.1. The highest BCUT2D eigenvalue weighted by Gasteiger charge is 2.32. The van der Waals surface area contributed by atoms with Gasteiger partial charge in [-0.3, -0.25) is 4.79 Å². The molecule has 1 aromatic carbocycles. The molecule has 0 spiro atoms. The highest BCUT2D eigenvalue weighted by molar-refractivity contribution is 5.77. The van der Waals surface area contributed by atoms with E-state index in [1.54, 1.807) is 0 Å². The lowest BCUT2D eigenvalue weighted by Gasteiger charge is -2.18. The minimum atomic E-state index is -0.823. The van der Waals surface area contributed by atoms with E-state index in [0.29, 0.717) is 12.1 Å². The van der Waals surface area contributed by atoms with E-state index in [0.717, 1.165) is 5.56 Å². The first-order valence-electron chi connectivity index (χ1n) is 6.46. The quantitative estimate of drug-likeness (QED) is 0.686. The Morgan fingerprint density at radius 3 is 2.37 bits per heavy atom. The lowest BCUT2D eigenvalue weighted by atomic mass is 9.97. The summed E-state index contributed by atoms with van der Waals surface area (Å²) in [4.78, 5) is 13.6. The zero-order valence-corrected chi connectivity index (χ0v) is 11.0. The molecule has 2 rings (SSSR count). The predicted octanol–water partition coefficient (Wildman–Crippen LogP) is 0.326. The van der Waals surface area contributed by atoms with Crippen molar-refractivity contribution in [2.75, 3.05) is 18.8 Å². The first-order valence-corrected chi connectivity index (χ1v) is 6.46. The van der Waals surface area contributed by atoms with Crippen LogP contribution in [0.15, 0.2) is 24.3 Å². The molecule has 0 aliphatic carbocycles. The van der Waals surface area contributed by atoms with Crippen LogP contribution in [0.5, 0.6) is 0 Å². The summed E-state index contributed by atoms with van der Waals surface area (Å²) in [7, 11) is 0. The van der Waals surface area contributed by atoms with Gasteiger partial charge in [0.2, 0.25) is 5.91 Å². The van der Waals surface area contributed by atoms with E-state index < -0.39 is 12.2 Å². The van der Waals surface area contributed by atoms with Crippen molar-refractivity contribution in [3.63, 3.8) is 0 Å². The fourth-order valence-corrected chi connectivity index (χ4v) is 2.31. The monoisotopic (exact) mass is 264 g/mol. The standard InChI is InChI=1S/C14H20N2O3/c1-9(10-2-4-11(15)5-3-10)6-14(19)16-7-12(17)13(18)8-16/h2-5,9,12-13,17-18H,6-8,15H2,1H3. The lowest BCUT2D eigenvalue weighted by Crippen LogP contribution is -2.30. The summed E-state index contributed by atoms with van der Waals surface area (Å²) in [6.07, 6.45) is -1.28. The SMILES string of the molecule is CC(CC(=O)N1CC(O)C(O)C1)c1ccc(N)cc1. The number of β-amino-alcohol motifs (C(OH)–C–C–N with tert-alkyl or cyclic N) is 2. The van der Waals surface area contributed by atoms with Gasteiger partial charge in [0.05, 0.1) is 12.2 Å². The van der Waals surface area contributed by atoms with E-state index in [9.17, 15) is 15.0 Å². The van der Waals surface area contributed by atoms with Gasteiger partial charge in [-0.25, -0.2) is 0 Å². The zero-order chi connectivity index (χ0) is 14.0. The molecule has 1 saturated heterocycles. The van der Waals surface area contributed by atoms with Crippen molar-refractivity contribution < 1.29 is 15.0 Å². The number of nitrogens with two attached hydrogens (primary N) is 1. The van der Waals surface area contributed by atoms with E-state index in [4.69, 9.17) is 5.73 Å². The highest BCUT2D eigenvalue weighted by atomic mass is 16.3. The van der Waals surface area contributed by atoms with Gasteiger partial charge in [0.15, 0.2) is 0 Å². The van der Waals surface area contributed by atoms with E-state index in [2.05, 4.69) is 0 Å². The molecule has 3 unspecified atom stereocenters. The fourth-order valence-electron chi connectivity index (χ4n) is 2.31. The summed E-state index contributed by atoms with van der Waals surface area (Å²) in [6, 6.07) is 7.47. The van der Waals surface area contributed by atoms with Gasteiger partial charge in [-0.15, -0.1) is 0 Å². The molecule has 1 aromatic rings. The van der Waals surface area contributed by atoms with Crippen molar-refractivity contribution >= 4 is 11.6 Å². The summed E-state index contributed by atoms with van der Waals surface area (Å²) in [6.45, 7) is 2.41. The number of carbonyl (C=O) groups is 1. The lowest BCUT2D eigenvalue weighted by molar-refractivity contribution is -0.131. The fraction of sp³-hybridized carbons (Fsp3) is 0.500. The second kappa shape index (κ2) is 5.59. The van der Waals surface area contributed by atoms with Gasteiger partial charge in [-0.1, -0.05) is 19.1 Å². The summed E-state index contributed by atoms with van der Waals surface area (Å²) < 4.78 is 0. The number of anilines is 1. The Morgan fingerprint density at radius 1 is 1.32 bits per heavy atom. The topological polar surface area (TPSA) is 86.8 Å². The maximum atomic E-state index is 12.1. The first kappa shape index (κ1) is 13.8. The number of benzene rings is 1. The number of aliphatic hydroxyl groups is 2. The third-order valence-corrected chi connectivity index (χ3v) is 3.60. The molecular weight excluding hydrogens is 244 g/mol. The molecule has 4 N–H and O–H groups in total. The molecule has 1 heterocycles. The Hall–Kier alpha value is -1.59. The number of likely N-dealkylation sites (tertiary alicyclic amines) is 1. The van der Waals surface area contributed by atoms with Gasteiger partial charge in [0.25, 0.3) is 0 Å². The Bertz CT molecular complexity index is 437. The van der Waals surface area contributed by atoms with Crippen LogP contribution in [0.1, 0.15) is 24.8 Å². The van der Waals surface area contributed by atoms with Crippen LogP contribution < -0.4 is 5.73 Å². The number of rotatable bonds is 3. The van der Waals surface area contributed by atoms with Gasteiger partial charge >= 0.3 is 0 Å². The van der Waals surface area contributed by atoms with Crippen LogP contribution in [-0.2, 0) is 4.79 Å². The van der Waals surface area contributed by atoms with Crippen LogP contribution in [0.3, 0.4) is 0 Å². The van der Waals surface area contributed by atoms with Gasteiger partial charge < -0.3 is 20.8 Å². The van der Waals surface area contributed by atoms with Crippen LogP contribution in [0.4, 0.5) is 5.69 Å². The van der Waals surface area contributed by atoms with Gasteiger partial charge in [0.1, 0.15) is 0 Å². The third kappa shape index (κ3) is 3.24. The Labute approximate surface area is 112 Å². The number of hydrogen-bond donors (Lipinski definition) is 3. The first-order chi connectivity index (χ1) is 8.97. The molecule has 1 aliphatic heterocycles. The van der Waals surface area contributed by atoms with E-state index in [1.807, 2.05) is 31.2 Å². The molecule has 0 aromatic heterocycles. The van der Waals surface area contributed by atoms with Crippen LogP contribution in [0.25, 0.3) is 0 Å². The summed E-state index contributed by atoms with van der Waals surface area (Å²) in [5.74, 6) is 0.0444. The van der Waals surface area contributed by atoms with E-state index >= 15 is 0 Å². The zero-order valence-electron chi connectivity index (χ0n) is 11.0. The molecule has 1 fully saturated rings. The van der Waals surface area contributed by atoms with Crippen molar-refractivity contribution in [2.24, 2.45) is 0 Å². The van der Waals surface area contributed by atoms with Crippen molar-refractivity contribution in [3.05, 3.63) is 29.8 Å². The van der Waals surface area contributed by atoms with Crippen molar-refractivity contribution in [1.29, 1.82) is 0 Å². The molecule has 0 radical (unpaired) electrons. The maximum Gasteiger partial charge on any atom is 0.223 e. The Kier molecular flexibility index (Phi) is 4.07. The molecule has 5 heteroatoms. The average molecular weight is 264 g/mol. The Balaban J connectivity index is 1.94. The molecule has 19 heavy (non-hydrogen) atoms. The molecule has 5 nitrogen and oxygen atoms in total. The predicted molar refractivity (Wildman–Crippen MR) is 72.5 cm³/mol. The molecule has 0 bridgehead atoms. The molecular formula is C14H20N2O3. The number of nitrogens with zero attached hydrogens (tertiary/aromatic N) is 1. The largest absolute Gasteiger partial charge is 0.399 e. The van der Waals surface area contributed by atoms with Crippen molar-refractivity contribution in [2.45, 2.75) is 31.5 Å². The minimum absolute atomic E-state index is 0.0417. The minimum Gasteiger partial charge on any atom is -0.399 e. The van der Waals surface area contributed by atoms with Crippen LogP contribution in [0, 0.1) is 0 Å². The van der Waals surface area contributed by atoms with Crippen LogP contribution in [0.2, 0.25) is 0 Å². The summed E-state index contributed by atoms with van der Waals surface area (Å²) in [5, 5.41) is 18.9. The van der Waals surface area contributed by atoms with Gasteiger partial charge in [0, 0.05) is 25.2 Å². The van der Waals surface area contributed by atoms with Crippen molar-refractivity contribution in [3.8, 4) is 0 Å². The second-order valence-electron chi connectivity index (χ2n) is 5.21. The Morgan fingerprint density at radius 2 is 1.84 bits per heavy atom. The van der Waals surface area contributed by atoms with E-state index in [1.165, 1.54) is 4.90 Å². The number of aliphatic hydroxyl groups excluding tert-OH is 2. The van der Waals surface area contributed by atoms with Gasteiger partial charge in [-0.2, -0.15) is 0 Å². The van der Waals surface area contributed by atoms with Crippen LogP contribution in [-0.4, -0.2) is 46.3 Å². The average Bonchev–Trinajstić information content (AvgIpc) is 2.70. The molecule has 1 amide bonds. The van der Waals surface area contributed by atoms with Crippen LogP contribution >= 0.6 is 0 Å². The molecule has 104 valence electrons. The number of amides is 1. The van der Waals surface area contributed by atoms with E-state index in [-0.39, 0.29) is 24.9 Å². The molecule has 3 atom stereocenters. The second-order valence-corrected chi connectivity index (χ2v) is 5.21. The number of carbonyl (C=O) groups excluding carboxylic acids is 1. The normalized spacial score (nSPS) is 24.5. The summed E-state index contributed by atoms with van der Waals surface area (Å²) >= 11 is 0. The third-order valence-electron chi connectivity index (χ3n) is 3.60. The molecule has 0 saturated carbocycles. The van der Waals surface area contributed by atoms with Crippen molar-refractivity contribution in [1.82, 2.24) is 4.90 Å². The smallest absolute Gasteiger partial charge is 0.223 e. The number of nitrogen functional groups attached to an aromatic ring is 1. The summed E-state index contributed by atoms with van der Waals surface area (Å²) in [5.41, 5.74) is 7.39. The van der Waals surface area contributed by atoms with Gasteiger partial charge in [-0.05, 0) is 23.6 Å².